The van der Waals surface area contributed by atoms with Crippen LogP contribution in [0.4, 0.5) is 10.5 Å². The highest BCUT2D eigenvalue weighted by atomic mass is 16.6. The maximum Gasteiger partial charge on any atom is 0.412 e. The fourth-order valence-corrected chi connectivity index (χ4v) is 4.43. The molecule has 4 rings (SSSR count). The van der Waals surface area contributed by atoms with Gasteiger partial charge in [0.15, 0.2) is 0 Å². The van der Waals surface area contributed by atoms with Crippen LogP contribution in [0.2, 0.25) is 0 Å². The first-order chi connectivity index (χ1) is 19.3. The van der Waals surface area contributed by atoms with E-state index in [1.807, 2.05) is 60.7 Å². The highest BCUT2D eigenvalue weighted by Gasteiger charge is 2.24. The Bertz CT molecular complexity index is 1470. The summed E-state index contributed by atoms with van der Waals surface area (Å²) in [5.41, 5.74) is 4.68. The number of rotatable bonds is 9. The second kappa shape index (κ2) is 12.8. The third kappa shape index (κ3) is 6.74. The van der Waals surface area contributed by atoms with E-state index < -0.39 is 30.1 Å². The molecule has 2 atom stereocenters. The zero-order valence-electron chi connectivity index (χ0n) is 22.9. The van der Waals surface area contributed by atoms with Gasteiger partial charge in [0.05, 0.1) is 24.2 Å². The zero-order valence-corrected chi connectivity index (χ0v) is 22.9. The summed E-state index contributed by atoms with van der Waals surface area (Å²) < 4.78 is 12.1. The Morgan fingerprint density at radius 3 is 2.17 bits per heavy atom. The number of hydrogen-bond acceptors (Lipinski definition) is 6. The third-order valence-corrected chi connectivity index (χ3v) is 6.50. The molecule has 1 aromatic heterocycles. The minimum Gasteiger partial charge on any atom is -0.467 e. The summed E-state index contributed by atoms with van der Waals surface area (Å²) in [7, 11) is 3.07. The number of esters is 1. The number of amides is 2. The van der Waals surface area contributed by atoms with Gasteiger partial charge in [0.1, 0.15) is 12.1 Å². The standard InChI is InChI=1S/C31H32N4O5/c1-20-27(33-31(38)40-21(2)23-13-9-6-10-14-23)28(35(3)34-20)24-15-17-25(18-16-24)29(36)32-26(30(37)39-4)19-22-11-7-5-8-12-22/h5-18,21,26H,19H2,1-4H3,(H,32,36)(H,33,38)/t21?,26-/m1/s1. The van der Waals surface area contributed by atoms with Gasteiger partial charge in [-0.2, -0.15) is 5.10 Å². The number of nitrogens with one attached hydrogen (secondary N) is 2. The van der Waals surface area contributed by atoms with E-state index in [0.717, 1.165) is 16.7 Å². The predicted molar refractivity (Wildman–Crippen MR) is 152 cm³/mol. The number of aromatic nitrogens is 2. The monoisotopic (exact) mass is 540 g/mol. The summed E-state index contributed by atoms with van der Waals surface area (Å²) in [6, 6.07) is 24.9. The molecule has 2 amide bonds. The van der Waals surface area contributed by atoms with Gasteiger partial charge in [-0.25, -0.2) is 9.59 Å². The number of anilines is 1. The first-order valence-corrected chi connectivity index (χ1v) is 12.9. The lowest BCUT2D eigenvalue weighted by molar-refractivity contribution is -0.142. The van der Waals surface area contributed by atoms with Crippen molar-refractivity contribution in [2.75, 3.05) is 12.4 Å². The number of carbonyl (C=O) groups is 3. The Morgan fingerprint density at radius 2 is 1.55 bits per heavy atom. The van der Waals surface area contributed by atoms with Crippen LogP contribution in [-0.4, -0.2) is 40.9 Å². The Hall–Kier alpha value is -4.92. The molecule has 0 aliphatic rings. The quantitative estimate of drug-likeness (QED) is 0.282. The maximum atomic E-state index is 13.0. The first-order valence-electron chi connectivity index (χ1n) is 12.9. The first kappa shape index (κ1) is 28.1. The van der Waals surface area contributed by atoms with Crippen molar-refractivity contribution in [3.8, 4) is 11.3 Å². The highest BCUT2D eigenvalue weighted by Crippen LogP contribution is 2.31. The molecule has 9 heteroatoms. The summed E-state index contributed by atoms with van der Waals surface area (Å²) in [6.45, 7) is 3.60. The van der Waals surface area contributed by atoms with Gasteiger partial charge in [0.2, 0.25) is 0 Å². The highest BCUT2D eigenvalue weighted by molar-refractivity contribution is 5.98. The molecule has 9 nitrogen and oxygen atoms in total. The van der Waals surface area contributed by atoms with Gasteiger partial charge >= 0.3 is 12.1 Å². The summed E-state index contributed by atoms with van der Waals surface area (Å²) in [6.07, 6.45) is -0.730. The van der Waals surface area contributed by atoms with E-state index in [2.05, 4.69) is 15.7 Å². The molecular weight excluding hydrogens is 508 g/mol. The Morgan fingerprint density at radius 1 is 0.925 bits per heavy atom. The largest absolute Gasteiger partial charge is 0.467 e. The molecule has 0 spiro atoms. The minimum atomic E-state index is -0.834. The van der Waals surface area contributed by atoms with Crippen molar-refractivity contribution >= 4 is 23.7 Å². The van der Waals surface area contributed by atoms with E-state index in [1.165, 1.54) is 7.11 Å². The molecule has 0 aliphatic carbocycles. The third-order valence-electron chi connectivity index (χ3n) is 6.50. The van der Waals surface area contributed by atoms with E-state index in [-0.39, 0.29) is 0 Å². The number of ether oxygens (including phenoxy) is 2. The topological polar surface area (TPSA) is 112 Å². The van der Waals surface area contributed by atoms with Crippen molar-refractivity contribution in [1.29, 1.82) is 0 Å². The van der Waals surface area contributed by atoms with Gasteiger partial charge < -0.3 is 14.8 Å². The number of methoxy groups -OCH3 is 1. The fraction of sp³-hybridized carbons (Fsp3) is 0.226. The van der Waals surface area contributed by atoms with E-state index in [4.69, 9.17) is 9.47 Å². The molecule has 1 unspecified atom stereocenters. The van der Waals surface area contributed by atoms with Crippen LogP contribution in [0.25, 0.3) is 11.3 Å². The van der Waals surface area contributed by atoms with Crippen LogP contribution in [0.1, 0.15) is 40.2 Å². The number of nitrogens with zero attached hydrogens (tertiary/aromatic N) is 2. The predicted octanol–water partition coefficient (Wildman–Crippen LogP) is 5.22. The normalized spacial score (nSPS) is 12.2. The number of carbonyl (C=O) groups excluding carboxylic acids is 3. The van der Waals surface area contributed by atoms with Crippen molar-refractivity contribution in [1.82, 2.24) is 15.1 Å². The van der Waals surface area contributed by atoms with E-state index >= 15 is 0 Å². The SMILES string of the molecule is COC(=O)[C@@H](Cc1ccccc1)NC(=O)c1ccc(-c2c(NC(=O)OC(C)c3ccccc3)c(C)nn2C)cc1. The van der Waals surface area contributed by atoms with Crippen LogP contribution in [0.3, 0.4) is 0 Å². The maximum absolute atomic E-state index is 13.0. The van der Waals surface area contributed by atoms with Gasteiger partial charge in [-0.15, -0.1) is 0 Å². The van der Waals surface area contributed by atoms with Crippen LogP contribution in [0, 0.1) is 6.92 Å². The molecule has 0 bridgehead atoms. The van der Waals surface area contributed by atoms with Crippen LogP contribution >= 0.6 is 0 Å². The molecular formula is C31H32N4O5. The summed E-state index contributed by atoms with van der Waals surface area (Å²) in [5.74, 6) is -0.931. The molecule has 1 heterocycles. The van der Waals surface area contributed by atoms with Gasteiger partial charge in [-0.3, -0.25) is 14.8 Å². The summed E-state index contributed by atoms with van der Waals surface area (Å²) >= 11 is 0. The minimum absolute atomic E-state index is 0.305. The van der Waals surface area contributed by atoms with Crippen LogP contribution in [0.5, 0.6) is 0 Å². The summed E-state index contributed by atoms with van der Waals surface area (Å²) in [5, 5.41) is 10.1. The molecule has 2 N–H and O–H groups in total. The molecule has 0 aliphatic heterocycles. The molecule has 206 valence electrons. The average Bonchev–Trinajstić information content (AvgIpc) is 3.24. The van der Waals surface area contributed by atoms with E-state index in [1.54, 1.807) is 49.8 Å². The molecule has 0 saturated carbocycles. The second-order valence-corrected chi connectivity index (χ2v) is 9.33. The van der Waals surface area contributed by atoms with Crippen molar-refractivity contribution in [2.24, 2.45) is 7.05 Å². The van der Waals surface area contributed by atoms with Crippen molar-refractivity contribution in [3.63, 3.8) is 0 Å². The number of benzene rings is 3. The molecule has 0 radical (unpaired) electrons. The Labute approximate surface area is 233 Å². The van der Waals surface area contributed by atoms with Crippen LogP contribution in [-0.2, 0) is 27.7 Å². The summed E-state index contributed by atoms with van der Waals surface area (Å²) in [4.78, 5) is 38.1. The zero-order chi connectivity index (χ0) is 28.6. The van der Waals surface area contributed by atoms with E-state index in [0.29, 0.717) is 29.1 Å². The van der Waals surface area contributed by atoms with Gasteiger partial charge in [-0.1, -0.05) is 72.8 Å². The van der Waals surface area contributed by atoms with Crippen LogP contribution in [0.15, 0.2) is 84.9 Å². The molecule has 0 saturated heterocycles. The molecule has 0 fully saturated rings. The van der Waals surface area contributed by atoms with Gasteiger partial charge in [0.25, 0.3) is 5.91 Å². The fourth-order valence-electron chi connectivity index (χ4n) is 4.43. The molecule has 4 aromatic rings. The Balaban J connectivity index is 1.48. The van der Waals surface area contributed by atoms with Crippen LogP contribution < -0.4 is 10.6 Å². The smallest absolute Gasteiger partial charge is 0.412 e. The Kier molecular flexibility index (Phi) is 8.96. The second-order valence-electron chi connectivity index (χ2n) is 9.33. The van der Waals surface area contributed by atoms with Gasteiger partial charge in [0, 0.05) is 24.6 Å². The molecule has 40 heavy (non-hydrogen) atoms. The average molecular weight is 541 g/mol. The number of aryl methyl sites for hydroxylation is 2. The van der Waals surface area contributed by atoms with E-state index in [9.17, 15) is 14.4 Å². The lowest BCUT2D eigenvalue weighted by atomic mass is 10.0. The van der Waals surface area contributed by atoms with Gasteiger partial charge in [-0.05, 0) is 37.1 Å². The lowest BCUT2D eigenvalue weighted by Crippen LogP contribution is -2.43. The number of hydrogen-bond donors (Lipinski definition) is 2. The van der Waals surface area contributed by atoms with Crippen molar-refractivity contribution in [2.45, 2.75) is 32.4 Å². The lowest BCUT2D eigenvalue weighted by Gasteiger charge is -2.17. The van der Waals surface area contributed by atoms with Crippen molar-refractivity contribution < 1.29 is 23.9 Å². The van der Waals surface area contributed by atoms with Crippen molar-refractivity contribution in [3.05, 3.63) is 107 Å². The molecule has 3 aromatic carbocycles.